The summed E-state index contributed by atoms with van der Waals surface area (Å²) in [5.41, 5.74) is -0.814. The number of likely N-dealkylation sites (N-methyl/N-ethyl adjacent to an activating group) is 1. The van der Waals surface area contributed by atoms with E-state index in [0.29, 0.717) is 37.0 Å². The minimum atomic E-state index is -4.87. The van der Waals surface area contributed by atoms with Crippen molar-refractivity contribution in [2.45, 2.75) is 71.4 Å². The Morgan fingerprint density at radius 2 is 1.79 bits per heavy atom. The van der Waals surface area contributed by atoms with E-state index in [4.69, 9.17) is 4.74 Å². The van der Waals surface area contributed by atoms with Gasteiger partial charge in [-0.05, 0) is 52.0 Å². The number of ether oxygens (including phenoxy) is 1. The van der Waals surface area contributed by atoms with Crippen LogP contribution in [0.1, 0.15) is 51.9 Å². The lowest BCUT2D eigenvalue weighted by Crippen LogP contribution is -2.43. The summed E-state index contributed by atoms with van der Waals surface area (Å²) in [7, 11) is 1.59. The van der Waals surface area contributed by atoms with Gasteiger partial charge in [0.15, 0.2) is 15.5 Å². The van der Waals surface area contributed by atoms with Gasteiger partial charge < -0.3 is 19.9 Å². The first-order valence-corrected chi connectivity index (χ1v) is 14.5. The lowest BCUT2D eigenvalue weighted by atomic mass is 9.97. The molecule has 1 aliphatic heterocycles. The van der Waals surface area contributed by atoms with Crippen LogP contribution in [0.5, 0.6) is 0 Å². The third-order valence-corrected chi connectivity index (χ3v) is 8.08. The SMILES string of the molecule is C[C@H](C(=O)NCc1ccccc1)N(C)c1nc2c(=O)n(CC3CCN(C(=O)OC(C)(C)C)CC3)c(C(F)(F)F)nc2s1. The number of benzene rings is 1. The summed E-state index contributed by atoms with van der Waals surface area (Å²) in [6.07, 6.45) is -4.53. The molecular weight excluding hydrogens is 573 g/mol. The van der Waals surface area contributed by atoms with Crippen molar-refractivity contribution in [3.05, 3.63) is 52.1 Å². The zero-order valence-corrected chi connectivity index (χ0v) is 25.0. The first kappa shape index (κ1) is 31.3. The highest BCUT2D eigenvalue weighted by atomic mass is 32.1. The van der Waals surface area contributed by atoms with Gasteiger partial charge in [-0.3, -0.25) is 14.2 Å². The molecule has 1 aromatic carbocycles. The van der Waals surface area contributed by atoms with Crippen LogP contribution in [0.25, 0.3) is 10.3 Å². The Hall–Kier alpha value is -3.68. The van der Waals surface area contributed by atoms with Crippen LogP contribution in [0.3, 0.4) is 0 Å². The zero-order valence-electron chi connectivity index (χ0n) is 24.2. The molecule has 1 atom stereocenters. The summed E-state index contributed by atoms with van der Waals surface area (Å²) in [6.45, 7) is 7.64. The van der Waals surface area contributed by atoms with Crippen molar-refractivity contribution in [1.82, 2.24) is 24.8 Å². The summed E-state index contributed by atoms with van der Waals surface area (Å²) in [4.78, 5) is 49.5. The molecule has 1 N–H and O–H groups in total. The van der Waals surface area contributed by atoms with E-state index in [1.807, 2.05) is 30.3 Å². The number of hydrogen-bond acceptors (Lipinski definition) is 8. The van der Waals surface area contributed by atoms with Gasteiger partial charge in [0.25, 0.3) is 5.56 Å². The normalized spacial score (nSPS) is 15.5. The molecule has 0 saturated carbocycles. The van der Waals surface area contributed by atoms with Gasteiger partial charge in [-0.15, -0.1) is 0 Å². The van der Waals surface area contributed by atoms with Crippen molar-refractivity contribution in [3.63, 3.8) is 0 Å². The maximum absolute atomic E-state index is 14.1. The van der Waals surface area contributed by atoms with Crippen LogP contribution in [-0.2, 0) is 28.8 Å². The maximum Gasteiger partial charge on any atom is 0.449 e. The number of halogens is 3. The van der Waals surface area contributed by atoms with E-state index in [2.05, 4.69) is 15.3 Å². The fourth-order valence-corrected chi connectivity index (χ4v) is 5.56. The molecule has 10 nitrogen and oxygen atoms in total. The fraction of sp³-hybridized carbons (Fsp3) is 0.536. The molecule has 2 aromatic heterocycles. The zero-order chi connectivity index (χ0) is 30.8. The largest absolute Gasteiger partial charge is 0.449 e. The van der Waals surface area contributed by atoms with Crippen LogP contribution >= 0.6 is 11.3 Å². The van der Waals surface area contributed by atoms with E-state index >= 15 is 0 Å². The summed E-state index contributed by atoms with van der Waals surface area (Å²) in [5, 5.41) is 3.04. The number of aromatic nitrogens is 3. The average molecular weight is 609 g/mol. The summed E-state index contributed by atoms with van der Waals surface area (Å²) in [6, 6.07) is 8.63. The Kier molecular flexibility index (Phi) is 9.14. The first-order valence-electron chi connectivity index (χ1n) is 13.6. The van der Waals surface area contributed by atoms with Crippen molar-refractivity contribution in [3.8, 4) is 0 Å². The molecule has 2 amide bonds. The molecule has 3 aromatic rings. The Morgan fingerprint density at radius 3 is 2.38 bits per heavy atom. The van der Waals surface area contributed by atoms with Gasteiger partial charge in [0.2, 0.25) is 11.7 Å². The van der Waals surface area contributed by atoms with Gasteiger partial charge in [-0.1, -0.05) is 41.7 Å². The molecule has 0 bridgehead atoms. The summed E-state index contributed by atoms with van der Waals surface area (Å²) in [5.74, 6) is -1.88. The van der Waals surface area contributed by atoms with Gasteiger partial charge in [-0.2, -0.15) is 13.2 Å². The molecule has 1 aliphatic rings. The number of carbonyl (C=O) groups is 2. The second kappa shape index (κ2) is 12.3. The average Bonchev–Trinajstić information content (AvgIpc) is 3.36. The molecule has 14 heteroatoms. The van der Waals surface area contributed by atoms with Gasteiger partial charge >= 0.3 is 12.3 Å². The third-order valence-electron chi connectivity index (χ3n) is 7.04. The number of fused-ring (bicyclic) bond motifs is 1. The van der Waals surface area contributed by atoms with Gasteiger partial charge in [0, 0.05) is 33.2 Å². The Bertz CT molecular complexity index is 1480. The monoisotopic (exact) mass is 608 g/mol. The van der Waals surface area contributed by atoms with Gasteiger partial charge in [0.1, 0.15) is 11.6 Å². The minimum Gasteiger partial charge on any atom is -0.444 e. The van der Waals surface area contributed by atoms with Crippen LogP contribution in [0.4, 0.5) is 23.1 Å². The van der Waals surface area contributed by atoms with E-state index in [1.165, 1.54) is 9.80 Å². The number of nitrogens with one attached hydrogen (secondary N) is 1. The molecular formula is C28H35F3N6O4S. The number of rotatable bonds is 7. The van der Waals surface area contributed by atoms with E-state index < -0.39 is 35.3 Å². The molecule has 0 radical (unpaired) electrons. The number of nitrogens with zero attached hydrogens (tertiary/aromatic N) is 5. The Labute approximate surface area is 245 Å². The standard InChI is InChI=1S/C28H35F3N6O4S/c1-17(21(38)32-15-18-9-7-6-8-10-18)35(5)25-33-20-22(42-25)34-24(28(29,30)31)37(23(20)39)16-19-11-13-36(14-12-19)26(40)41-27(2,3)4/h6-10,17,19H,11-16H2,1-5H3,(H,32,38)/t17-/m1/s1. The number of hydrogen-bond donors (Lipinski definition) is 1. The van der Waals surface area contributed by atoms with Crippen LogP contribution in [0, 0.1) is 5.92 Å². The van der Waals surface area contributed by atoms with Crippen LogP contribution in [-0.4, -0.2) is 63.2 Å². The number of carbonyl (C=O) groups excluding carboxylic acids is 2. The third kappa shape index (κ3) is 7.39. The fourth-order valence-electron chi connectivity index (χ4n) is 4.59. The molecule has 3 heterocycles. The summed E-state index contributed by atoms with van der Waals surface area (Å²) < 4.78 is 48.3. The van der Waals surface area contributed by atoms with Crippen molar-refractivity contribution >= 4 is 38.8 Å². The molecule has 1 fully saturated rings. The smallest absolute Gasteiger partial charge is 0.444 e. The second-order valence-electron chi connectivity index (χ2n) is 11.4. The highest BCUT2D eigenvalue weighted by Gasteiger charge is 2.39. The molecule has 4 rings (SSSR count). The van der Waals surface area contributed by atoms with E-state index in [1.54, 1.807) is 34.7 Å². The van der Waals surface area contributed by atoms with Crippen molar-refractivity contribution in [1.29, 1.82) is 0 Å². The van der Waals surface area contributed by atoms with Crippen LogP contribution in [0.2, 0.25) is 0 Å². The number of piperidine rings is 1. The molecule has 42 heavy (non-hydrogen) atoms. The van der Waals surface area contributed by atoms with Crippen molar-refractivity contribution in [2.75, 3.05) is 25.0 Å². The van der Waals surface area contributed by atoms with E-state index in [0.717, 1.165) is 16.9 Å². The first-order chi connectivity index (χ1) is 19.6. The number of likely N-dealkylation sites (tertiary alicyclic amines) is 1. The molecule has 1 saturated heterocycles. The number of alkyl halides is 3. The highest BCUT2D eigenvalue weighted by Crippen LogP contribution is 2.33. The maximum atomic E-state index is 14.1. The van der Waals surface area contributed by atoms with Gasteiger partial charge in [0.05, 0.1) is 0 Å². The second-order valence-corrected chi connectivity index (χ2v) is 12.4. The van der Waals surface area contributed by atoms with Crippen LogP contribution in [0.15, 0.2) is 35.1 Å². The summed E-state index contributed by atoms with van der Waals surface area (Å²) >= 11 is 0.825. The Morgan fingerprint density at radius 1 is 1.14 bits per heavy atom. The predicted octanol–water partition coefficient (Wildman–Crippen LogP) is 4.66. The van der Waals surface area contributed by atoms with Crippen molar-refractivity contribution < 1.29 is 27.5 Å². The minimum absolute atomic E-state index is 0.151. The lowest BCUT2D eigenvalue weighted by Gasteiger charge is -2.33. The lowest BCUT2D eigenvalue weighted by molar-refractivity contribution is -0.148. The Balaban J connectivity index is 1.52. The molecule has 0 spiro atoms. The van der Waals surface area contributed by atoms with E-state index in [-0.39, 0.29) is 33.8 Å². The van der Waals surface area contributed by atoms with Gasteiger partial charge in [-0.25, -0.2) is 14.8 Å². The molecule has 228 valence electrons. The topological polar surface area (TPSA) is 110 Å². The van der Waals surface area contributed by atoms with E-state index in [9.17, 15) is 27.6 Å². The van der Waals surface area contributed by atoms with Crippen LogP contribution < -0.4 is 15.8 Å². The predicted molar refractivity (Wildman–Crippen MR) is 153 cm³/mol. The highest BCUT2D eigenvalue weighted by molar-refractivity contribution is 7.21. The number of thiazole rings is 1. The number of amides is 2. The number of anilines is 1. The quantitative estimate of drug-likeness (QED) is 0.416. The molecule has 0 aliphatic carbocycles. The molecule has 0 unspecified atom stereocenters. The van der Waals surface area contributed by atoms with Crippen molar-refractivity contribution in [2.24, 2.45) is 5.92 Å².